The van der Waals surface area contributed by atoms with Gasteiger partial charge in [-0.1, -0.05) is 39.8 Å². The van der Waals surface area contributed by atoms with Gasteiger partial charge in [-0.3, -0.25) is 0 Å². The van der Waals surface area contributed by atoms with Gasteiger partial charge in [0.25, 0.3) is 0 Å². The Morgan fingerprint density at radius 2 is 1.59 bits per heavy atom. The predicted molar refractivity (Wildman–Crippen MR) is 74.7 cm³/mol. The molecule has 0 aliphatic rings. The third-order valence-electron chi connectivity index (χ3n) is 3.58. The number of benzene rings is 1. The van der Waals surface area contributed by atoms with Crippen LogP contribution < -0.4 is 0 Å². The average Bonchev–Trinajstić information content (AvgIpc) is 2.21. The second-order valence-corrected chi connectivity index (χ2v) is 6.06. The Kier molecular flexibility index (Phi) is 4.37. The van der Waals surface area contributed by atoms with Gasteiger partial charge in [-0.05, 0) is 47.9 Å². The van der Waals surface area contributed by atoms with Crippen LogP contribution in [0, 0.1) is 13.8 Å². The first-order chi connectivity index (χ1) is 7.81. The Morgan fingerprint density at radius 3 is 1.88 bits per heavy atom. The van der Waals surface area contributed by atoms with Gasteiger partial charge in [0.2, 0.25) is 0 Å². The lowest BCUT2D eigenvalue weighted by Gasteiger charge is -2.24. The van der Waals surface area contributed by atoms with E-state index in [9.17, 15) is 5.11 Å². The van der Waals surface area contributed by atoms with E-state index in [1.807, 2.05) is 0 Å². The van der Waals surface area contributed by atoms with Crippen LogP contribution in [0.3, 0.4) is 0 Å². The molecule has 0 heterocycles. The fourth-order valence-electron chi connectivity index (χ4n) is 2.48. The lowest BCUT2D eigenvalue weighted by molar-refractivity contribution is 0.261. The molecule has 96 valence electrons. The van der Waals surface area contributed by atoms with Gasteiger partial charge in [-0.2, -0.15) is 0 Å². The van der Waals surface area contributed by atoms with Gasteiger partial charge < -0.3 is 5.11 Å². The zero-order chi connectivity index (χ0) is 13.2. The first-order valence-corrected chi connectivity index (χ1v) is 6.53. The lowest BCUT2D eigenvalue weighted by atomic mass is 9.81. The molecular formula is C16H26O. The monoisotopic (exact) mass is 234 g/mol. The summed E-state index contributed by atoms with van der Waals surface area (Å²) in [7, 11) is 0. The Bertz CT molecular complexity index is 358. The van der Waals surface area contributed by atoms with E-state index < -0.39 is 0 Å². The Hall–Kier alpha value is -0.820. The van der Waals surface area contributed by atoms with Crippen LogP contribution >= 0.6 is 0 Å². The van der Waals surface area contributed by atoms with E-state index in [2.05, 4.69) is 53.7 Å². The van der Waals surface area contributed by atoms with Crippen LogP contribution in [0.4, 0.5) is 0 Å². The van der Waals surface area contributed by atoms with Crippen molar-refractivity contribution in [1.82, 2.24) is 0 Å². The molecule has 0 amide bonds. The minimum absolute atomic E-state index is 0.189. The maximum atomic E-state index is 9.46. The minimum atomic E-state index is 0.189. The van der Waals surface area contributed by atoms with Crippen LogP contribution in [0.1, 0.15) is 62.3 Å². The summed E-state index contributed by atoms with van der Waals surface area (Å²) >= 11 is 0. The molecule has 0 saturated heterocycles. The number of hydrogen-bond donors (Lipinski definition) is 1. The summed E-state index contributed by atoms with van der Waals surface area (Å²) in [5.74, 6) is 0.281. The summed E-state index contributed by atoms with van der Waals surface area (Å²) in [5, 5.41) is 9.46. The van der Waals surface area contributed by atoms with Crippen molar-refractivity contribution in [3.05, 3.63) is 34.4 Å². The van der Waals surface area contributed by atoms with E-state index in [4.69, 9.17) is 0 Å². The number of aryl methyl sites for hydroxylation is 2. The van der Waals surface area contributed by atoms with Crippen molar-refractivity contribution in [3.63, 3.8) is 0 Å². The molecule has 0 aliphatic heterocycles. The quantitative estimate of drug-likeness (QED) is 0.835. The Balaban J connectivity index is 3.28. The Morgan fingerprint density at radius 1 is 1.12 bits per heavy atom. The van der Waals surface area contributed by atoms with Crippen molar-refractivity contribution in [2.45, 2.75) is 59.3 Å². The molecule has 1 atom stereocenters. The highest BCUT2D eigenvalue weighted by molar-refractivity contribution is 5.42. The third-order valence-corrected chi connectivity index (χ3v) is 3.58. The maximum absolute atomic E-state index is 9.46. The van der Waals surface area contributed by atoms with Crippen molar-refractivity contribution in [2.75, 3.05) is 6.61 Å². The van der Waals surface area contributed by atoms with Crippen LogP contribution in [0.5, 0.6) is 0 Å². The van der Waals surface area contributed by atoms with Crippen LogP contribution in [0.2, 0.25) is 0 Å². The van der Waals surface area contributed by atoms with E-state index in [-0.39, 0.29) is 17.9 Å². The van der Waals surface area contributed by atoms with Crippen LogP contribution in [-0.4, -0.2) is 11.7 Å². The number of aliphatic hydroxyl groups is 1. The summed E-state index contributed by atoms with van der Waals surface area (Å²) in [6.45, 7) is 13.4. The molecule has 1 aromatic carbocycles. The van der Waals surface area contributed by atoms with Crippen LogP contribution in [0.25, 0.3) is 0 Å². The van der Waals surface area contributed by atoms with Crippen molar-refractivity contribution in [3.8, 4) is 0 Å². The molecule has 1 rings (SSSR count). The summed E-state index contributed by atoms with van der Waals surface area (Å²) in [6.07, 6.45) is 0.993. The molecule has 1 heteroatoms. The highest BCUT2D eigenvalue weighted by atomic mass is 16.3. The van der Waals surface area contributed by atoms with E-state index in [0.29, 0.717) is 0 Å². The smallest absolute Gasteiger partial charge is 0.0499 e. The molecule has 0 spiro atoms. The number of rotatable bonds is 3. The predicted octanol–water partition coefficient (Wildman–Crippen LogP) is 4.09. The zero-order valence-electron chi connectivity index (χ0n) is 12.1. The standard InChI is InChI=1S/C16H26O/c1-7-13(10-17)15-11(2)8-14(9-12(15)3)16(4,5)6/h8-9,13,17H,7,10H2,1-6H3. The fraction of sp³-hybridized carbons (Fsp3) is 0.625. The second kappa shape index (κ2) is 5.22. The van der Waals surface area contributed by atoms with E-state index in [0.717, 1.165) is 6.42 Å². The molecule has 1 N–H and O–H groups in total. The average molecular weight is 234 g/mol. The van der Waals surface area contributed by atoms with Gasteiger partial charge in [-0.25, -0.2) is 0 Å². The van der Waals surface area contributed by atoms with E-state index >= 15 is 0 Å². The first-order valence-electron chi connectivity index (χ1n) is 6.53. The van der Waals surface area contributed by atoms with Crippen LogP contribution in [0.15, 0.2) is 12.1 Å². The van der Waals surface area contributed by atoms with Gasteiger partial charge in [0, 0.05) is 12.5 Å². The van der Waals surface area contributed by atoms with Gasteiger partial charge in [0.05, 0.1) is 0 Å². The molecule has 0 aliphatic carbocycles. The van der Waals surface area contributed by atoms with Crippen molar-refractivity contribution < 1.29 is 5.11 Å². The molecule has 0 aromatic heterocycles. The molecule has 0 radical (unpaired) electrons. The summed E-state index contributed by atoms with van der Waals surface area (Å²) < 4.78 is 0. The molecule has 0 bridgehead atoms. The van der Waals surface area contributed by atoms with Crippen molar-refractivity contribution in [2.24, 2.45) is 0 Å². The molecule has 0 fully saturated rings. The number of hydrogen-bond acceptors (Lipinski definition) is 1. The zero-order valence-corrected chi connectivity index (χ0v) is 12.1. The molecule has 1 unspecified atom stereocenters. The third kappa shape index (κ3) is 3.10. The van der Waals surface area contributed by atoms with Gasteiger partial charge in [0.1, 0.15) is 0 Å². The summed E-state index contributed by atoms with van der Waals surface area (Å²) in [6, 6.07) is 4.56. The van der Waals surface area contributed by atoms with E-state index in [1.165, 1.54) is 22.3 Å². The van der Waals surface area contributed by atoms with E-state index in [1.54, 1.807) is 0 Å². The van der Waals surface area contributed by atoms with Crippen molar-refractivity contribution >= 4 is 0 Å². The molecular weight excluding hydrogens is 208 g/mol. The molecule has 1 aromatic rings. The topological polar surface area (TPSA) is 20.2 Å². The fourth-order valence-corrected chi connectivity index (χ4v) is 2.48. The number of aliphatic hydroxyl groups excluding tert-OH is 1. The highest BCUT2D eigenvalue weighted by Crippen LogP contribution is 2.31. The molecule has 17 heavy (non-hydrogen) atoms. The summed E-state index contributed by atoms with van der Waals surface area (Å²) in [5.41, 5.74) is 5.54. The van der Waals surface area contributed by atoms with Gasteiger partial charge in [0.15, 0.2) is 0 Å². The SMILES string of the molecule is CCC(CO)c1c(C)cc(C(C)(C)C)cc1C. The largest absolute Gasteiger partial charge is 0.396 e. The highest BCUT2D eigenvalue weighted by Gasteiger charge is 2.19. The first kappa shape index (κ1) is 14.2. The van der Waals surface area contributed by atoms with Gasteiger partial charge in [-0.15, -0.1) is 0 Å². The van der Waals surface area contributed by atoms with Crippen molar-refractivity contribution in [1.29, 1.82) is 0 Å². The maximum Gasteiger partial charge on any atom is 0.0499 e. The van der Waals surface area contributed by atoms with Gasteiger partial charge >= 0.3 is 0 Å². The lowest BCUT2D eigenvalue weighted by Crippen LogP contribution is -2.14. The summed E-state index contributed by atoms with van der Waals surface area (Å²) in [4.78, 5) is 0. The normalized spacial score (nSPS) is 13.8. The Labute approximate surface area is 106 Å². The molecule has 1 nitrogen and oxygen atoms in total. The molecule has 0 saturated carbocycles. The minimum Gasteiger partial charge on any atom is -0.396 e. The second-order valence-electron chi connectivity index (χ2n) is 6.06. The van der Waals surface area contributed by atoms with Crippen LogP contribution in [-0.2, 0) is 5.41 Å².